The van der Waals surface area contributed by atoms with E-state index in [0.29, 0.717) is 5.69 Å². The van der Waals surface area contributed by atoms with Crippen molar-refractivity contribution in [1.29, 1.82) is 0 Å². The van der Waals surface area contributed by atoms with Gasteiger partial charge in [0.2, 0.25) is 0 Å². The number of benzene rings is 2. The van der Waals surface area contributed by atoms with Crippen LogP contribution in [0.5, 0.6) is 0 Å². The predicted octanol–water partition coefficient (Wildman–Crippen LogP) is 3.14. The molecule has 1 aliphatic rings. The lowest BCUT2D eigenvalue weighted by Gasteiger charge is -2.21. The fourth-order valence-electron chi connectivity index (χ4n) is 2.97. The summed E-state index contributed by atoms with van der Waals surface area (Å²) in [6.45, 7) is 3.48. The number of carboxylic acid groups (broad SMARTS) is 1. The van der Waals surface area contributed by atoms with Crippen LogP contribution in [0.4, 0.5) is 10.1 Å². The molecule has 1 unspecified atom stereocenters. The molecule has 0 fully saturated rings. The van der Waals surface area contributed by atoms with Crippen LogP contribution in [0.15, 0.2) is 41.3 Å². The molecular weight excluding hydrogens is 333 g/mol. The number of halogens is 1. The summed E-state index contributed by atoms with van der Waals surface area (Å²) in [4.78, 5) is 10.8. The maximum atomic E-state index is 14.0. The largest absolute Gasteiger partial charge is 0.478 e. The van der Waals surface area contributed by atoms with Gasteiger partial charge in [-0.3, -0.25) is 4.31 Å². The van der Waals surface area contributed by atoms with Gasteiger partial charge in [0.25, 0.3) is 10.0 Å². The van der Waals surface area contributed by atoms with E-state index in [1.54, 1.807) is 12.1 Å². The number of para-hydroxylation sites is 1. The molecule has 0 saturated heterocycles. The van der Waals surface area contributed by atoms with E-state index in [1.807, 2.05) is 19.1 Å². The Morgan fingerprint density at radius 3 is 2.62 bits per heavy atom. The zero-order valence-corrected chi connectivity index (χ0v) is 14.0. The van der Waals surface area contributed by atoms with Crippen molar-refractivity contribution in [3.63, 3.8) is 0 Å². The maximum absolute atomic E-state index is 14.0. The summed E-state index contributed by atoms with van der Waals surface area (Å²) in [6.07, 6.45) is 0. The van der Waals surface area contributed by atoms with Gasteiger partial charge >= 0.3 is 5.97 Å². The van der Waals surface area contributed by atoms with E-state index < -0.39 is 27.4 Å². The Kier molecular flexibility index (Phi) is 3.83. The Balaban J connectivity index is 2.18. The third kappa shape index (κ3) is 2.45. The second kappa shape index (κ2) is 5.59. The number of anilines is 1. The number of sulfonamides is 1. The molecule has 24 heavy (non-hydrogen) atoms. The Morgan fingerprint density at radius 2 is 1.96 bits per heavy atom. The fourth-order valence-corrected chi connectivity index (χ4v) is 4.81. The van der Waals surface area contributed by atoms with Gasteiger partial charge in [-0.25, -0.2) is 17.6 Å². The molecule has 0 radical (unpaired) electrons. The van der Waals surface area contributed by atoms with E-state index in [9.17, 15) is 17.6 Å². The molecule has 3 rings (SSSR count). The Hall–Kier alpha value is -2.41. The lowest BCUT2D eigenvalue weighted by Crippen LogP contribution is -2.30. The van der Waals surface area contributed by atoms with Gasteiger partial charge in [-0.15, -0.1) is 0 Å². The maximum Gasteiger partial charge on any atom is 0.335 e. The summed E-state index contributed by atoms with van der Waals surface area (Å²) in [6, 6.07) is 8.97. The summed E-state index contributed by atoms with van der Waals surface area (Å²) in [7, 11) is -4.06. The fraction of sp³-hybridized carbons (Fsp3) is 0.235. The van der Waals surface area contributed by atoms with E-state index in [-0.39, 0.29) is 22.9 Å². The van der Waals surface area contributed by atoms with Crippen molar-refractivity contribution in [2.45, 2.75) is 24.7 Å². The zero-order chi connectivity index (χ0) is 17.6. The lowest BCUT2D eigenvalue weighted by atomic mass is 10.0. The highest BCUT2D eigenvalue weighted by Crippen LogP contribution is 2.39. The first-order valence-corrected chi connectivity index (χ1v) is 8.82. The number of hydrogen-bond acceptors (Lipinski definition) is 3. The molecule has 1 atom stereocenters. The highest BCUT2D eigenvalue weighted by atomic mass is 32.2. The minimum atomic E-state index is -4.06. The van der Waals surface area contributed by atoms with E-state index in [2.05, 4.69) is 0 Å². The van der Waals surface area contributed by atoms with Crippen molar-refractivity contribution in [2.75, 3.05) is 10.8 Å². The van der Waals surface area contributed by atoms with Crippen LogP contribution < -0.4 is 4.31 Å². The van der Waals surface area contributed by atoms with Crippen LogP contribution in [-0.4, -0.2) is 26.0 Å². The molecule has 1 heterocycles. The van der Waals surface area contributed by atoms with Gasteiger partial charge in [0.05, 0.1) is 16.1 Å². The van der Waals surface area contributed by atoms with Gasteiger partial charge in [0.15, 0.2) is 0 Å². The number of fused-ring (bicyclic) bond motifs is 1. The van der Waals surface area contributed by atoms with Crippen molar-refractivity contribution in [3.8, 4) is 0 Å². The quantitative estimate of drug-likeness (QED) is 0.924. The third-order valence-electron chi connectivity index (χ3n) is 4.29. The standard InChI is InChI=1S/C17H16FNO4S/c1-10-9-19(15-6-4-3-5-13(10)15)24(22,23)16-8-12(17(20)21)7-14(18)11(16)2/h3-8,10H,9H2,1-2H3,(H,20,21). The van der Waals surface area contributed by atoms with Crippen LogP contribution in [0.25, 0.3) is 0 Å². The molecule has 0 aliphatic carbocycles. The molecule has 0 spiro atoms. The summed E-state index contributed by atoms with van der Waals surface area (Å²) < 4.78 is 41.4. The van der Waals surface area contributed by atoms with E-state index in [1.165, 1.54) is 11.2 Å². The highest BCUT2D eigenvalue weighted by molar-refractivity contribution is 7.93. The summed E-state index contributed by atoms with van der Waals surface area (Å²) in [5.74, 6) is -2.22. The lowest BCUT2D eigenvalue weighted by molar-refractivity contribution is 0.0696. The second-order valence-electron chi connectivity index (χ2n) is 5.88. The van der Waals surface area contributed by atoms with E-state index >= 15 is 0 Å². The smallest absolute Gasteiger partial charge is 0.335 e. The van der Waals surface area contributed by atoms with Crippen molar-refractivity contribution in [3.05, 3.63) is 58.9 Å². The first kappa shape index (κ1) is 16.4. The number of hydrogen-bond donors (Lipinski definition) is 1. The van der Waals surface area contributed by atoms with Crippen molar-refractivity contribution in [2.24, 2.45) is 0 Å². The summed E-state index contributed by atoms with van der Waals surface area (Å²) in [5, 5.41) is 9.08. The van der Waals surface area contributed by atoms with Crippen LogP contribution in [0.3, 0.4) is 0 Å². The van der Waals surface area contributed by atoms with Crippen LogP contribution in [-0.2, 0) is 10.0 Å². The SMILES string of the molecule is Cc1c(F)cc(C(=O)O)cc1S(=O)(=O)N1CC(C)c2ccccc21. The number of aromatic carboxylic acids is 1. The number of carbonyl (C=O) groups is 1. The molecule has 0 saturated carbocycles. The van der Waals surface area contributed by atoms with Gasteiger partial charge < -0.3 is 5.11 Å². The van der Waals surface area contributed by atoms with Gasteiger partial charge in [0, 0.05) is 18.0 Å². The molecule has 1 N–H and O–H groups in total. The minimum Gasteiger partial charge on any atom is -0.478 e. The Morgan fingerprint density at radius 1 is 1.29 bits per heavy atom. The summed E-state index contributed by atoms with van der Waals surface area (Å²) >= 11 is 0. The average Bonchev–Trinajstić information content (AvgIpc) is 2.88. The van der Waals surface area contributed by atoms with Crippen LogP contribution in [0.1, 0.15) is 34.3 Å². The molecule has 1 aliphatic heterocycles. The van der Waals surface area contributed by atoms with Gasteiger partial charge in [-0.2, -0.15) is 0 Å². The molecule has 0 amide bonds. The number of carboxylic acids is 1. The van der Waals surface area contributed by atoms with Crippen LogP contribution >= 0.6 is 0 Å². The van der Waals surface area contributed by atoms with Gasteiger partial charge in [0.1, 0.15) is 5.82 Å². The van der Waals surface area contributed by atoms with Crippen LogP contribution in [0.2, 0.25) is 0 Å². The molecule has 0 bridgehead atoms. The van der Waals surface area contributed by atoms with E-state index in [0.717, 1.165) is 17.7 Å². The predicted molar refractivity (Wildman–Crippen MR) is 87.5 cm³/mol. The average molecular weight is 349 g/mol. The zero-order valence-electron chi connectivity index (χ0n) is 13.2. The first-order chi connectivity index (χ1) is 11.2. The molecule has 2 aromatic rings. The molecular formula is C17H16FNO4S. The Bertz CT molecular complexity index is 940. The first-order valence-electron chi connectivity index (χ1n) is 7.38. The molecule has 7 heteroatoms. The van der Waals surface area contributed by atoms with Gasteiger partial charge in [-0.1, -0.05) is 25.1 Å². The van der Waals surface area contributed by atoms with Crippen LogP contribution in [0, 0.1) is 12.7 Å². The monoisotopic (exact) mass is 349 g/mol. The van der Waals surface area contributed by atoms with Crippen molar-refractivity contribution in [1.82, 2.24) is 0 Å². The molecule has 2 aromatic carbocycles. The molecule has 5 nitrogen and oxygen atoms in total. The minimum absolute atomic E-state index is 0.00350. The molecule has 0 aromatic heterocycles. The van der Waals surface area contributed by atoms with Crippen molar-refractivity contribution < 1.29 is 22.7 Å². The second-order valence-corrected chi connectivity index (χ2v) is 7.71. The van der Waals surface area contributed by atoms with E-state index in [4.69, 9.17) is 5.11 Å². The highest BCUT2D eigenvalue weighted by Gasteiger charge is 2.36. The topological polar surface area (TPSA) is 74.7 Å². The normalized spacial score (nSPS) is 17.0. The summed E-state index contributed by atoms with van der Waals surface area (Å²) in [5.41, 5.74) is 0.966. The third-order valence-corrected chi connectivity index (χ3v) is 6.19. The Labute approximate surface area is 139 Å². The van der Waals surface area contributed by atoms with Gasteiger partial charge in [-0.05, 0) is 30.7 Å². The molecule has 126 valence electrons. The van der Waals surface area contributed by atoms with Crippen molar-refractivity contribution >= 4 is 21.7 Å². The number of nitrogens with zero attached hydrogens (tertiary/aromatic N) is 1. The number of rotatable bonds is 3.